The zero-order valence-electron chi connectivity index (χ0n) is 15.3. The molecular formula is C18H20N6O3. The summed E-state index contributed by atoms with van der Waals surface area (Å²) in [7, 11) is 0. The molecule has 0 atom stereocenters. The number of carbonyl (C=O) groups is 1. The Morgan fingerprint density at radius 3 is 2.52 bits per heavy atom. The minimum absolute atomic E-state index is 0.165. The minimum Gasteiger partial charge on any atom is -0.321 e. The van der Waals surface area contributed by atoms with Crippen LogP contribution in [0.4, 0.5) is 11.4 Å². The van der Waals surface area contributed by atoms with Gasteiger partial charge in [-0.1, -0.05) is 29.8 Å². The first-order valence-electron chi connectivity index (χ1n) is 8.35. The normalized spacial score (nSPS) is 11.4. The zero-order chi connectivity index (χ0) is 19.6. The third kappa shape index (κ3) is 4.02. The molecule has 9 nitrogen and oxygen atoms in total. The van der Waals surface area contributed by atoms with Gasteiger partial charge in [-0.05, 0) is 26.3 Å². The van der Waals surface area contributed by atoms with Crippen LogP contribution in [0.3, 0.4) is 0 Å². The molecule has 140 valence electrons. The molecule has 0 saturated heterocycles. The van der Waals surface area contributed by atoms with Crippen LogP contribution in [0.15, 0.2) is 49.1 Å². The Balaban J connectivity index is 1.69. The lowest BCUT2D eigenvalue weighted by atomic mass is 10.1. The van der Waals surface area contributed by atoms with Crippen molar-refractivity contribution in [3.05, 3.63) is 70.3 Å². The van der Waals surface area contributed by atoms with Crippen molar-refractivity contribution < 1.29 is 9.72 Å². The van der Waals surface area contributed by atoms with Crippen LogP contribution in [0.5, 0.6) is 0 Å². The fraction of sp³-hybridized carbons (Fsp3) is 0.278. The Morgan fingerprint density at radius 2 is 1.89 bits per heavy atom. The van der Waals surface area contributed by atoms with Gasteiger partial charge in [0.05, 0.1) is 23.4 Å². The van der Waals surface area contributed by atoms with E-state index in [1.54, 1.807) is 30.9 Å². The number of anilines is 1. The van der Waals surface area contributed by atoms with Crippen LogP contribution in [0.25, 0.3) is 0 Å². The Hall–Kier alpha value is -3.49. The third-order valence-corrected chi connectivity index (χ3v) is 4.26. The SMILES string of the molecule is Cc1ccc(Cn2cc(NC(=O)C(C)(C)n3cc([N+](=O)[O-])cn3)cn2)cc1. The third-order valence-electron chi connectivity index (χ3n) is 4.26. The second-order valence-corrected chi connectivity index (χ2v) is 6.83. The topological polar surface area (TPSA) is 108 Å². The maximum absolute atomic E-state index is 12.6. The van der Waals surface area contributed by atoms with Crippen molar-refractivity contribution in [2.45, 2.75) is 32.9 Å². The molecule has 0 aliphatic rings. The van der Waals surface area contributed by atoms with E-state index in [-0.39, 0.29) is 11.6 Å². The van der Waals surface area contributed by atoms with Gasteiger partial charge in [0, 0.05) is 6.20 Å². The van der Waals surface area contributed by atoms with Crippen molar-refractivity contribution in [3.8, 4) is 0 Å². The number of hydrogen-bond acceptors (Lipinski definition) is 5. The second-order valence-electron chi connectivity index (χ2n) is 6.83. The van der Waals surface area contributed by atoms with Gasteiger partial charge in [0.25, 0.3) is 5.91 Å². The summed E-state index contributed by atoms with van der Waals surface area (Å²) in [5, 5.41) is 21.8. The first kappa shape index (κ1) is 18.3. The average Bonchev–Trinajstić information content (AvgIpc) is 3.27. The van der Waals surface area contributed by atoms with Crippen LogP contribution in [-0.2, 0) is 16.9 Å². The van der Waals surface area contributed by atoms with Crippen LogP contribution in [0.1, 0.15) is 25.0 Å². The molecule has 0 radical (unpaired) electrons. The molecule has 0 unspecified atom stereocenters. The van der Waals surface area contributed by atoms with Crippen molar-refractivity contribution in [1.82, 2.24) is 19.6 Å². The quantitative estimate of drug-likeness (QED) is 0.532. The van der Waals surface area contributed by atoms with Gasteiger partial charge in [-0.3, -0.25) is 24.3 Å². The lowest BCUT2D eigenvalue weighted by molar-refractivity contribution is -0.385. The van der Waals surface area contributed by atoms with Crippen molar-refractivity contribution in [2.24, 2.45) is 0 Å². The van der Waals surface area contributed by atoms with E-state index < -0.39 is 10.5 Å². The van der Waals surface area contributed by atoms with Crippen LogP contribution < -0.4 is 5.32 Å². The Bertz CT molecular complexity index is 971. The summed E-state index contributed by atoms with van der Waals surface area (Å²) in [4.78, 5) is 22.9. The molecule has 1 aromatic carbocycles. The molecule has 2 heterocycles. The second kappa shape index (κ2) is 7.02. The van der Waals surface area contributed by atoms with Gasteiger partial charge in [-0.25, -0.2) is 0 Å². The maximum Gasteiger partial charge on any atom is 0.307 e. The summed E-state index contributed by atoms with van der Waals surface area (Å²) in [5.41, 5.74) is 1.57. The van der Waals surface area contributed by atoms with Crippen LogP contribution in [0.2, 0.25) is 0 Å². The lowest BCUT2D eigenvalue weighted by Gasteiger charge is -2.23. The number of aryl methyl sites for hydroxylation is 1. The minimum atomic E-state index is -1.10. The Morgan fingerprint density at radius 1 is 1.19 bits per heavy atom. The maximum atomic E-state index is 12.6. The molecule has 27 heavy (non-hydrogen) atoms. The predicted octanol–water partition coefficient (Wildman–Crippen LogP) is 2.72. The highest BCUT2D eigenvalue weighted by atomic mass is 16.6. The molecule has 0 fully saturated rings. The number of amides is 1. The van der Waals surface area contributed by atoms with Gasteiger partial charge in [0.2, 0.25) is 0 Å². The predicted molar refractivity (Wildman–Crippen MR) is 99.3 cm³/mol. The van der Waals surface area contributed by atoms with Crippen LogP contribution in [0, 0.1) is 17.0 Å². The Labute approximate surface area is 155 Å². The molecule has 0 aliphatic carbocycles. The summed E-state index contributed by atoms with van der Waals surface area (Å²) in [5.74, 6) is -0.351. The number of benzene rings is 1. The summed E-state index contributed by atoms with van der Waals surface area (Å²) in [6.45, 7) is 5.89. The van der Waals surface area contributed by atoms with Crippen molar-refractivity contribution in [1.29, 1.82) is 0 Å². The van der Waals surface area contributed by atoms with Gasteiger partial charge in [-0.15, -0.1) is 0 Å². The molecule has 0 aliphatic heterocycles. The molecule has 9 heteroatoms. The van der Waals surface area contributed by atoms with Gasteiger partial charge < -0.3 is 5.32 Å². The van der Waals surface area contributed by atoms with Crippen molar-refractivity contribution >= 4 is 17.3 Å². The molecule has 0 bridgehead atoms. The Kier molecular flexibility index (Phi) is 4.76. The van der Waals surface area contributed by atoms with E-state index in [2.05, 4.69) is 15.5 Å². The fourth-order valence-electron chi connectivity index (χ4n) is 2.50. The van der Waals surface area contributed by atoms with Gasteiger partial charge >= 0.3 is 5.69 Å². The lowest BCUT2D eigenvalue weighted by Crippen LogP contribution is -2.40. The smallest absolute Gasteiger partial charge is 0.307 e. The molecule has 2 aromatic heterocycles. The van der Waals surface area contributed by atoms with E-state index in [4.69, 9.17) is 0 Å². The number of nitro groups is 1. The van der Waals surface area contributed by atoms with E-state index in [1.807, 2.05) is 31.2 Å². The molecule has 1 amide bonds. The monoisotopic (exact) mass is 368 g/mol. The first-order valence-corrected chi connectivity index (χ1v) is 8.35. The number of aromatic nitrogens is 4. The van der Waals surface area contributed by atoms with Crippen molar-refractivity contribution in [3.63, 3.8) is 0 Å². The number of rotatable bonds is 6. The fourth-order valence-corrected chi connectivity index (χ4v) is 2.50. The van der Waals surface area contributed by atoms with Gasteiger partial charge in [-0.2, -0.15) is 10.2 Å². The number of nitrogens with zero attached hydrogens (tertiary/aromatic N) is 5. The van der Waals surface area contributed by atoms with Gasteiger partial charge in [0.15, 0.2) is 0 Å². The standard InChI is InChI=1S/C18H20N6O3/c1-13-4-6-14(7-5-13)10-22-11-15(8-19-22)21-17(25)18(2,3)23-12-16(9-20-23)24(26)27/h4-9,11-12H,10H2,1-3H3,(H,21,25). The van der Waals surface area contributed by atoms with E-state index in [1.165, 1.54) is 16.4 Å². The van der Waals surface area contributed by atoms with Gasteiger partial charge in [0.1, 0.15) is 17.9 Å². The molecule has 1 N–H and O–H groups in total. The average molecular weight is 368 g/mol. The molecular weight excluding hydrogens is 348 g/mol. The largest absolute Gasteiger partial charge is 0.321 e. The number of hydrogen-bond donors (Lipinski definition) is 1. The summed E-state index contributed by atoms with van der Waals surface area (Å²) < 4.78 is 3.00. The summed E-state index contributed by atoms with van der Waals surface area (Å²) in [6.07, 6.45) is 5.65. The van der Waals surface area contributed by atoms with E-state index in [0.717, 1.165) is 11.8 Å². The molecule has 0 saturated carbocycles. The van der Waals surface area contributed by atoms with E-state index >= 15 is 0 Å². The van der Waals surface area contributed by atoms with Crippen molar-refractivity contribution in [2.75, 3.05) is 5.32 Å². The summed E-state index contributed by atoms with van der Waals surface area (Å²) in [6, 6.07) is 8.13. The molecule has 3 aromatic rings. The van der Waals surface area contributed by atoms with E-state index in [0.29, 0.717) is 12.2 Å². The highest BCUT2D eigenvalue weighted by Crippen LogP contribution is 2.20. The van der Waals surface area contributed by atoms with Crippen LogP contribution in [-0.4, -0.2) is 30.4 Å². The number of nitrogens with one attached hydrogen (secondary N) is 1. The molecule has 0 spiro atoms. The zero-order valence-corrected chi connectivity index (χ0v) is 15.3. The first-order chi connectivity index (χ1) is 12.8. The number of carbonyl (C=O) groups excluding carboxylic acids is 1. The van der Waals surface area contributed by atoms with E-state index in [9.17, 15) is 14.9 Å². The van der Waals surface area contributed by atoms with Crippen LogP contribution >= 0.6 is 0 Å². The summed E-state index contributed by atoms with van der Waals surface area (Å²) >= 11 is 0. The highest BCUT2D eigenvalue weighted by molar-refractivity contribution is 5.95. The highest BCUT2D eigenvalue weighted by Gasteiger charge is 2.32. The molecule has 3 rings (SSSR count).